The minimum atomic E-state index is 0.174. The summed E-state index contributed by atoms with van der Waals surface area (Å²) in [6.45, 7) is 7.17. The highest BCUT2D eigenvalue weighted by molar-refractivity contribution is 6.28. The molecule has 1 aliphatic carbocycles. The maximum Gasteiger partial charge on any atom is 0.322 e. The van der Waals surface area contributed by atoms with Crippen LogP contribution in [0, 0.1) is 0 Å². The lowest BCUT2D eigenvalue weighted by molar-refractivity contribution is 0.220. The Labute approximate surface area is 125 Å². The summed E-state index contributed by atoms with van der Waals surface area (Å²) in [5.74, 6) is 0.570. The first-order valence-electron chi connectivity index (χ1n) is 7.13. The molecule has 0 aliphatic heterocycles. The fourth-order valence-electron chi connectivity index (χ4n) is 2.01. The molecule has 20 heavy (non-hydrogen) atoms. The number of rotatable bonds is 8. The summed E-state index contributed by atoms with van der Waals surface area (Å²) in [5, 5.41) is 0.174. The highest BCUT2D eigenvalue weighted by atomic mass is 35.5. The van der Waals surface area contributed by atoms with Crippen molar-refractivity contribution in [1.82, 2.24) is 19.9 Å². The van der Waals surface area contributed by atoms with Gasteiger partial charge in [0.25, 0.3) is 0 Å². The highest BCUT2D eigenvalue weighted by Crippen LogP contribution is 2.24. The number of ether oxygens (including phenoxy) is 1. The molecule has 1 fully saturated rings. The van der Waals surface area contributed by atoms with Gasteiger partial charge in [-0.15, -0.1) is 0 Å². The van der Waals surface area contributed by atoms with Gasteiger partial charge in [-0.1, -0.05) is 0 Å². The Morgan fingerprint density at radius 2 is 1.90 bits per heavy atom. The van der Waals surface area contributed by atoms with Gasteiger partial charge in [0.2, 0.25) is 11.2 Å². The molecule has 1 saturated carbocycles. The van der Waals surface area contributed by atoms with E-state index in [1.165, 1.54) is 12.8 Å². The van der Waals surface area contributed by atoms with E-state index in [9.17, 15) is 0 Å². The number of hydrogen-bond acceptors (Lipinski definition) is 6. The standard InChI is InChI=1S/C13H22ClN5O/c1-4-19(5-2)12-15-11(14)16-13(17-12)20-9-8-18(3)10-6-7-10/h10H,4-9H2,1-3H3. The van der Waals surface area contributed by atoms with Crippen molar-refractivity contribution in [2.24, 2.45) is 0 Å². The van der Waals surface area contributed by atoms with Gasteiger partial charge < -0.3 is 14.5 Å². The van der Waals surface area contributed by atoms with E-state index in [1.54, 1.807) is 0 Å². The average molecular weight is 300 g/mol. The SMILES string of the molecule is CCN(CC)c1nc(Cl)nc(OCCN(C)C2CC2)n1. The Kier molecular flexibility index (Phi) is 5.37. The average Bonchev–Trinajstić information content (AvgIpc) is 3.24. The number of halogens is 1. The van der Waals surface area contributed by atoms with Crippen molar-refractivity contribution < 1.29 is 4.74 Å². The zero-order valence-electron chi connectivity index (χ0n) is 12.3. The largest absolute Gasteiger partial charge is 0.462 e. The minimum absolute atomic E-state index is 0.174. The van der Waals surface area contributed by atoms with Crippen molar-refractivity contribution in [3.05, 3.63) is 5.28 Å². The second kappa shape index (κ2) is 7.04. The van der Waals surface area contributed by atoms with Gasteiger partial charge in [0.15, 0.2) is 0 Å². The maximum absolute atomic E-state index is 5.93. The minimum Gasteiger partial charge on any atom is -0.462 e. The Morgan fingerprint density at radius 1 is 1.20 bits per heavy atom. The van der Waals surface area contributed by atoms with Crippen molar-refractivity contribution in [1.29, 1.82) is 0 Å². The van der Waals surface area contributed by atoms with E-state index in [0.717, 1.165) is 25.7 Å². The third kappa shape index (κ3) is 4.18. The topological polar surface area (TPSA) is 54.4 Å². The Bertz CT molecular complexity index is 437. The van der Waals surface area contributed by atoms with Crippen LogP contribution in [0.5, 0.6) is 6.01 Å². The lowest BCUT2D eigenvalue weighted by Gasteiger charge is -2.19. The van der Waals surface area contributed by atoms with Crippen molar-refractivity contribution in [3.8, 4) is 6.01 Å². The number of nitrogens with zero attached hydrogens (tertiary/aromatic N) is 5. The van der Waals surface area contributed by atoms with Crippen molar-refractivity contribution in [2.45, 2.75) is 32.7 Å². The molecule has 0 unspecified atom stereocenters. The van der Waals surface area contributed by atoms with E-state index < -0.39 is 0 Å². The second-order valence-electron chi connectivity index (χ2n) is 4.92. The van der Waals surface area contributed by atoms with Crippen LogP contribution in [0.25, 0.3) is 0 Å². The summed E-state index contributed by atoms with van der Waals surface area (Å²) in [4.78, 5) is 16.8. The Morgan fingerprint density at radius 3 is 2.50 bits per heavy atom. The van der Waals surface area contributed by atoms with E-state index in [2.05, 4.69) is 26.9 Å². The molecular formula is C13H22ClN5O. The normalized spacial score (nSPS) is 14.7. The molecule has 0 saturated heterocycles. The van der Waals surface area contributed by atoms with Gasteiger partial charge in [-0.3, -0.25) is 0 Å². The van der Waals surface area contributed by atoms with Gasteiger partial charge in [-0.05, 0) is 45.3 Å². The van der Waals surface area contributed by atoms with Gasteiger partial charge >= 0.3 is 6.01 Å². The van der Waals surface area contributed by atoms with E-state index >= 15 is 0 Å². The van der Waals surface area contributed by atoms with Gasteiger partial charge in [-0.25, -0.2) is 0 Å². The van der Waals surface area contributed by atoms with Crippen molar-refractivity contribution in [3.63, 3.8) is 0 Å². The van der Waals surface area contributed by atoms with Crippen LogP contribution in [-0.4, -0.2) is 59.2 Å². The smallest absolute Gasteiger partial charge is 0.322 e. The third-order valence-corrected chi connectivity index (χ3v) is 3.64. The first-order chi connectivity index (χ1) is 9.63. The zero-order valence-corrected chi connectivity index (χ0v) is 13.1. The molecule has 2 rings (SSSR count). The first kappa shape index (κ1) is 15.3. The predicted octanol–water partition coefficient (Wildman–Crippen LogP) is 1.84. The molecule has 1 aliphatic rings. The number of anilines is 1. The van der Waals surface area contributed by atoms with E-state index in [1.807, 2.05) is 18.7 Å². The van der Waals surface area contributed by atoms with E-state index in [4.69, 9.17) is 16.3 Å². The third-order valence-electron chi connectivity index (χ3n) is 3.47. The quantitative estimate of drug-likeness (QED) is 0.730. The molecule has 0 aromatic carbocycles. The van der Waals surface area contributed by atoms with Crippen LogP contribution in [0.3, 0.4) is 0 Å². The number of aromatic nitrogens is 3. The van der Waals surface area contributed by atoms with Gasteiger partial charge in [0.1, 0.15) is 6.61 Å². The molecule has 0 N–H and O–H groups in total. The fraction of sp³-hybridized carbons (Fsp3) is 0.769. The molecule has 1 aromatic rings. The molecule has 112 valence electrons. The Hall–Kier alpha value is -1.14. The van der Waals surface area contributed by atoms with Crippen molar-refractivity contribution >= 4 is 17.5 Å². The van der Waals surface area contributed by atoms with Crippen LogP contribution in [0.15, 0.2) is 0 Å². The number of hydrogen-bond donors (Lipinski definition) is 0. The van der Waals surface area contributed by atoms with Crippen LogP contribution < -0.4 is 9.64 Å². The summed E-state index contributed by atoms with van der Waals surface area (Å²) in [6.07, 6.45) is 2.58. The van der Waals surface area contributed by atoms with Gasteiger partial charge in [-0.2, -0.15) is 15.0 Å². The fourth-order valence-corrected chi connectivity index (χ4v) is 2.16. The lowest BCUT2D eigenvalue weighted by Crippen LogP contribution is -2.27. The molecule has 0 amide bonds. The molecule has 1 heterocycles. The lowest BCUT2D eigenvalue weighted by atomic mass is 10.5. The summed E-state index contributed by atoms with van der Waals surface area (Å²) < 4.78 is 5.60. The molecule has 0 atom stereocenters. The summed E-state index contributed by atoms with van der Waals surface area (Å²) >= 11 is 5.93. The van der Waals surface area contributed by atoms with Gasteiger partial charge in [0, 0.05) is 25.7 Å². The van der Waals surface area contributed by atoms with Crippen LogP contribution in [0.2, 0.25) is 5.28 Å². The first-order valence-corrected chi connectivity index (χ1v) is 7.51. The number of likely N-dealkylation sites (N-methyl/N-ethyl adjacent to an activating group) is 1. The van der Waals surface area contributed by atoms with E-state index in [-0.39, 0.29) is 5.28 Å². The van der Waals surface area contributed by atoms with Crippen LogP contribution >= 0.6 is 11.6 Å². The zero-order chi connectivity index (χ0) is 14.5. The van der Waals surface area contributed by atoms with Crippen LogP contribution in [0.1, 0.15) is 26.7 Å². The molecule has 7 heteroatoms. The summed E-state index contributed by atoms with van der Waals surface area (Å²) in [7, 11) is 2.11. The second-order valence-corrected chi connectivity index (χ2v) is 5.26. The molecule has 1 aromatic heterocycles. The highest BCUT2D eigenvalue weighted by Gasteiger charge is 2.25. The summed E-state index contributed by atoms with van der Waals surface area (Å²) in [5.41, 5.74) is 0. The summed E-state index contributed by atoms with van der Waals surface area (Å²) in [6, 6.07) is 1.03. The molecular weight excluding hydrogens is 278 g/mol. The molecule has 0 radical (unpaired) electrons. The molecule has 6 nitrogen and oxygen atoms in total. The molecule has 0 bridgehead atoms. The van der Waals surface area contributed by atoms with Crippen molar-refractivity contribution in [2.75, 3.05) is 38.2 Å². The van der Waals surface area contributed by atoms with Crippen LogP contribution in [0.4, 0.5) is 5.95 Å². The molecule has 0 spiro atoms. The maximum atomic E-state index is 5.93. The predicted molar refractivity (Wildman–Crippen MR) is 79.5 cm³/mol. The van der Waals surface area contributed by atoms with Crippen LogP contribution in [-0.2, 0) is 0 Å². The Balaban J connectivity index is 1.92. The monoisotopic (exact) mass is 299 g/mol. The van der Waals surface area contributed by atoms with Gasteiger partial charge in [0.05, 0.1) is 0 Å². The van der Waals surface area contributed by atoms with E-state index in [0.29, 0.717) is 18.6 Å².